The van der Waals surface area contributed by atoms with Crippen LogP contribution in [0, 0.1) is 17.2 Å². The number of nitrogens with zero attached hydrogens (tertiary/aromatic N) is 2. The van der Waals surface area contributed by atoms with Gasteiger partial charge in [0.1, 0.15) is 17.5 Å². The molecule has 1 amide bonds. The van der Waals surface area contributed by atoms with Crippen LogP contribution in [0.1, 0.15) is 18.1 Å². The van der Waals surface area contributed by atoms with E-state index in [2.05, 4.69) is 10.3 Å². The predicted molar refractivity (Wildman–Crippen MR) is 59.9 cm³/mol. The average molecular weight is 237 g/mol. The molecule has 16 heavy (non-hydrogen) atoms. The standard InChI is InChI=1S/C10H9ClN4O/c1-4-2-5-7(14-10(4)16)6(3-12)8(11)15-9(5)13/h4H,2H2,1H3,(H2,13,15)(H,14,16)/t4-/m1/s1. The second-order valence-corrected chi connectivity index (χ2v) is 4.08. The van der Waals surface area contributed by atoms with Gasteiger partial charge in [-0.2, -0.15) is 5.26 Å². The molecule has 1 aliphatic rings. The molecule has 0 aliphatic carbocycles. The molecule has 82 valence electrons. The van der Waals surface area contributed by atoms with Crippen LogP contribution in [0.15, 0.2) is 0 Å². The van der Waals surface area contributed by atoms with Crippen LogP contribution in [0.3, 0.4) is 0 Å². The highest BCUT2D eigenvalue weighted by atomic mass is 35.5. The summed E-state index contributed by atoms with van der Waals surface area (Å²) in [5, 5.41) is 11.6. The topological polar surface area (TPSA) is 91.8 Å². The minimum Gasteiger partial charge on any atom is -0.383 e. The smallest absolute Gasteiger partial charge is 0.227 e. The number of carbonyl (C=O) groups excluding carboxylic acids is 1. The van der Waals surface area contributed by atoms with Gasteiger partial charge in [0.2, 0.25) is 5.91 Å². The molecule has 0 radical (unpaired) electrons. The third kappa shape index (κ3) is 1.48. The zero-order valence-electron chi connectivity index (χ0n) is 8.54. The minimum absolute atomic E-state index is 0.0219. The lowest BCUT2D eigenvalue weighted by molar-refractivity contribution is -0.119. The van der Waals surface area contributed by atoms with Crippen molar-refractivity contribution in [1.29, 1.82) is 5.26 Å². The van der Waals surface area contributed by atoms with Gasteiger partial charge in [-0.15, -0.1) is 0 Å². The van der Waals surface area contributed by atoms with E-state index in [4.69, 9.17) is 22.6 Å². The molecule has 0 unspecified atom stereocenters. The Morgan fingerprint density at radius 2 is 2.38 bits per heavy atom. The van der Waals surface area contributed by atoms with Gasteiger partial charge in [-0.1, -0.05) is 18.5 Å². The SMILES string of the molecule is C[C@@H]1Cc2c(N)nc(Cl)c(C#N)c2NC1=O. The zero-order chi connectivity index (χ0) is 11.9. The summed E-state index contributed by atoms with van der Waals surface area (Å²) in [7, 11) is 0. The van der Waals surface area contributed by atoms with E-state index in [0.29, 0.717) is 17.7 Å². The van der Waals surface area contributed by atoms with Crippen molar-refractivity contribution in [3.63, 3.8) is 0 Å². The molecule has 0 saturated heterocycles. The van der Waals surface area contributed by atoms with Gasteiger partial charge in [0.25, 0.3) is 0 Å². The Morgan fingerprint density at radius 3 is 3.00 bits per heavy atom. The van der Waals surface area contributed by atoms with E-state index in [-0.39, 0.29) is 28.4 Å². The van der Waals surface area contributed by atoms with Crippen LogP contribution in [0.25, 0.3) is 0 Å². The fourth-order valence-corrected chi connectivity index (χ4v) is 1.93. The lowest BCUT2D eigenvalue weighted by Gasteiger charge is -2.23. The first kappa shape index (κ1) is 10.7. The number of nitriles is 1. The number of amides is 1. The monoisotopic (exact) mass is 236 g/mol. The Morgan fingerprint density at radius 1 is 1.69 bits per heavy atom. The van der Waals surface area contributed by atoms with Crippen LogP contribution in [0.4, 0.5) is 11.5 Å². The summed E-state index contributed by atoms with van der Waals surface area (Å²) in [4.78, 5) is 15.4. The predicted octanol–water partition coefficient (Wildman–Crippen LogP) is 1.32. The van der Waals surface area contributed by atoms with Crippen molar-refractivity contribution < 1.29 is 4.79 Å². The van der Waals surface area contributed by atoms with E-state index in [0.717, 1.165) is 0 Å². The molecule has 2 rings (SSSR count). The van der Waals surface area contributed by atoms with Gasteiger partial charge in [-0.25, -0.2) is 4.98 Å². The van der Waals surface area contributed by atoms with Crippen molar-refractivity contribution in [2.24, 2.45) is 5.92 Å². The number of nitrogens with one attached hydrogen (secondary N) is 1. The van der Waals surface area contributed by atoms with E-state index in [9.17, 15) is 4.79 Å². The summed E-state index contributed by atoms with van der Waals surface area (Å²) in [6.45, 7) is 1.79. The van der Waals surface area contributed by atoms with E-state index in [1.165, 1.54) is 0 Å². The van der Waals surface area contributed by atoms with Gasteiger partial charge in [-0.05, 0) is 6.42 Å². The molecule has 1 atom stereocenters. The number of carbonyl (C=O) groups is 1. The van der Waals surface area contributed by atoms with E-state index in [1.807, 2.05) is 6.07 Å². The molecule has 0 fully saturated rings. The normalized spacial score (nSPS) is 18.6. The number of nitrogens with two attached hydrogens (primary N) is 1. The number of aromatic nitrogens is 1. The quantitative estimate of drug-likeness (QED) is 0.665. The molecule has 1 aromatic heterocycles. The Balaban J connectivity index is 2.68. The third-order valence-corrected chi connectivity index (χ3v) is 2.88. The molecule has 0 saturated carbocycles. The van der Waals surface area contributed by atoms with Gasteiger partial charge in [0.05, 0.1) is 5.69 Å². The van der Waals surface area contributed by atoms with Crippen LogP contribution in [0.5, 0.6) is 0 Å². The lowest BCUT2D eigenvalue weighted by atomic mass is 9.93. The van der Waals surface area contributed by atoms with Gasteiger partial charge in [0.15, 0.2) is 5.15 Å². The molecule has 0 bridgehead atoms. The van der Waals surface area contributed by atoms with Crippen molar-refractivity contribution in [2.45, 2.75) is 13.3 Å². The Labute approximate surface area is 97.2 Å². The maximum Gasteiger partial charge on any atom is 0.227 e. The van der Waals surface area contributed by atoms with Crippen molar-refractivity contribution in [3.8, 4) is 6.07 Å². The summed E-state index contributed by atoms with van der Waals surface area (Å²) in [6.07, 6.45) is 0.478. The first-order chi connectivity index (χ1) is 7.54. The summed E-state index contributed by atoms with van der Waals surface area (Å²) in [5.41, 5.74) is 6.98. The highest BCUT2D eigenvalue weighted by molar-refractivity contribution is 6.31. The van der Waals surface area contributed by atoms with Crippen LogP contribution >= 0.6 is 11.6 Å². The molecule has 2 heterocycles. The van der Waals surface area contributed by atoms with Crippen molar-refractivity contribution in [2.75, 3.05) is 11.1 Å². The first-order valence-electron chi connectivity index (χ1n) is 4.73. The Bertz CT molecular complexity index is 521. The zero-order valence-corrected chi connectivity index (χ0v) is 9.30. The lowest BCUT2D eigenvalue weighted by Crippen LogP contribution is -2.29. The highest BCUT2D eigenvalue weighted by Crippen LogP contribution is 2.34. The van der Waals surface area contributed by atoms with Crippen LogP contribution < -0.4 is 11.1 Å². The third-order valence-electron chi connectivity index (χ3n) is 2.60. The van der Waals surface area contributed by atoms with Gasteiger partial charge in [-0.3, -0.25) is 4.79 Å². The van der Waals surface area contributed by atoms with Crippen molar-refractivity contribution in [1.82, 2.24) is 4.98 Å². The Hall–Kier alpha value is -1.80. The molecular weight excluding hydrogens is 228 g/mol. The molecule has 5 nitrogen and oxygen atoms in total. The number of fused-ring (bicyclic) bond motifs is 1. The summed E-state index contributed by atoms with van der Waals surface area (Å²) < 4.78 is 0. The number of hydrogen-bond acceptors (Lipinski definition) is 4. The van der Waals surface area contributed by atoms with E-state index in [1.54, 1.807) is 6.92 Å². The highest BCUT2D eigenvalue weighted by Gasteiger charge is 2.28. The van der Waals surface area contributed by atoms with E-state index >= 15 is 0 Å². The fourth-order valence-electron chi connectivity index (χ4n) is 1.70. The molecule has 6 heteroatoms. The molecule has 1 aliphatic heterocycles. The van der Waals surface area contributed by atoms with Crippen LogP contribution in [-0.2, 0) is 11.2 Å². The number of anilines is 2. The minimum atomic E-state index is -0.177. The molecule has 0 aromatic carbocycles. The van der Waals surface area contributed by atoms with Crippen molar-refractivity contribution in [3.05, 3.63) is 16.3 Å². The number of halogens is 1. The molecule has 1 aromatic rings. The Kier molecular flexibility index (Phi) is 2.44. The van der Waals surface area contributed by atoms with Gasteiger partial charge in [0, 0.05) is 11.5 Å². The summed E-state index contributed by atoms with van der Waals surface area (Å²) in [6, 6.07) is 1.92. The number of rotatable bonds is 0. The van der Waals surface area contributed by atoms with Crippen LogP contribution in [-0.4, -0.2) is 10.9 Å². The number of nitrogen functional groups attached to an aromatic ring is 1. The van der Waals surface area contributed by atoms with Gasteiger partial charge >= 0.3 is 0 Å². The second-order valence-electron chi connectivity index (χ2n) is 3.72. The molecule has 3 N–H and O–H groups in total. The van der Waals surface area contributed by atoms with Crippen LogP contribution in [0.2, 0.25) is 5.15 Å². The molecular formula is C10H9ClN4O. The molecule has 0 spiro atoms. The summed E-state index contributed by atoms with van der Waals surface area (Å²) >= 11 is 5.79. The number of pyridine rings is 1. The average Bonchev–Trinajstić information content (AvgIpc) is 2.22. The van der Waals surface area contributed by atoms with E-state index < -0.39 is 0 Å². The first-order valence-corrected chi connectivity index (χ1v) is 5.11. The second kappa shape index (κ2) is 3.65. The van der Waals surface area contributed by atoms with Crippen molar-refractivity contribution >= 4 is 29.0 Å². The number of hydrogen-bond donors (Lipinski definition) is 2. The largest absolute Gasteiger partial charge is 0.383 e. The maximum atomic E-state index is 11.5. The fraction of sp³-hybridized carbons (Fsp3) is 0.300. The van der Waals surface area contributed by atoms with Gasteiger partial charge < -0.3 is 11.1 Å². The summed E-state index contributed by atoms with van der Waals surface area (Å²) in [5.74, 6) is -0.0409. The maximum absolute atomic E-state index is 11.5.